The first kappa shape index (κ1) is 11.6. The third kappa shape index (κ3) is 1.58. The van der Waals surface area contributed by atoms with Crippen molar-refractivity contribution in [3.8, 4) is 0 Å². The lowest BCUT2D eigenvalue weighted by atomic mass is 10.1. The third-order valence-corrected chi connectivity index (χ3v) is 3.33. The van der Waals surface area contributed by atoms with E-state index in [1.807, 2.05) is 6.92 Å². The van der Waals surface area contributed by atoms with Crippen molar-refractivity contribution in [2.24, 2.45) is 0 Å². The average molecular weight is 259 g/mol. The number of hydrogen-bond acceptors (Lipinski definition) is 6. The maximum Gasteiger partial charge on any atom is 0.336 e. The minimum atomic E-state index is -0.489. The molecule has 1 atom stereocenters. The van der Waals surface area contributed by atoms with E-state index in [0.717, 1.165) is 12.0 Å². The summed E-state index contributed by atoms with van der Waals surface area (Å²) in [4.78, 5) is 23.9. The van der Waals surface area contributed by atoms with Crippen LogP contribution in [0.3, 0.4) is 0 Å². The van der Waals surface area contributed by atoms with Crippen molar-refractivity contribution >= 4 is 23.0 Å². The van der Waals surface area contributed by atoms with Crippen molar-refractivity contribution in [1.29, 1.82) is 0 Å². The van der Waals surface area contributed by atoms with Crippen molar-refractivity contribution in [2.45, 2.75) is 26.5 Å². The molecule has 3 rings (SSSR count). The lowest BCUT2D eigenvalue weighted by Gasteiger charge is -2.15. The van der Waals surface area contributed by atoms with Crippen LogP contribution in [0.1, 0.15) is 26.5 Å². The molecule has 2 N–H and O–H groups in total. The molecule has 3 heterocycles. The van der Waals surface area contributed by atoms with Crippen molar-refractivity contribution in [2.75, 3.05) is 5.73 Å². The molecule has 0 aromatic carbocycles. The number of ether oxygens (including phenoxy) is 1. The Kier molecular flexibility index (Phi) is 2.48. The van der Waals surface area contributed by atoms with E-state index in [9.17, 15) is 4.79 Å². The molecule has 0 aliphatic carbocycles. The second kappa shape index (κ2) is 4.04. The van der Waals surface area contributed by atoms with Gasteiger partial charge in [-0.15, -0.1) is 0 Å². The maximum atomic E-state index is 11.7. The fraction of sp³-hybridized carbons (Fsp3) is 0.333. The van der Waals surface area contributed by atoms with Crippen molar-refractivity contribution in [3.05, 3.63) is 23.8 Å². The lowest BCUT2D eigenvalue weighted by molar-refractivity contribution is -0.142. The van der Waals surface area contributed by atoms with Gasteiger partial charge in [-0.25, -0.2) is 19.7 Å². The summed E-state index contributed by atoms with van der Waals surface area (Å²) < 4.78 is 7.09. The van der Waals surface area contributed by atoms with Gasteiger partial charge in [-0.05, 0) is 13.3 Å². The highest BCUT2D eigenvalue weighted by Gasteiger charge is 2.32. The van der Waals surface area contributed by atoms with E-state index in [1.54, 1.807) is 17.8 Å². The number of aromatic nitrogens is 4. The molecule has 0 saturated carbocycles. The Hall–Kier alpha value is -2.44. The zero-order chi connectivity index (χ0) is 13.6. The van der Waals surface area contributed by atoms with Crippen LogP contribution in [0.15, 0.2) is 23.8 Å². The monoisotopic (exact) mass is 259 g/mol. The quantitative estimate of drug-likeness (QED) is 0.814. The van der Waals surface area contributed by atoms with Crippen LogP contribution >= 0.6 is 0 Å². The summed E-state index contributed by atoms with van der Waals surface area (Å²) in [6.07, 6.45) is 3.18. The number of carbonyl (C=O) groups excluding carboxylic acids is 1. The predicted octanol–water partition coefficient (Wildman–Crippen LogP) is 1.19. The zero-order valence-corrected chi connectivity index (χ0v) is 10.6. The van der Waals surface area contributed by atoms with E-state index < -0.39 is 6.23 Å². The summed E-state index contributed by atoms with van der Waals surface area (Å²) in [6, 6.07) is 0. The highest BCUT2D eigenvalue weighted by Crippen LogP contribution is 2.34. The Morgan fingerprint density at radius 1 is 1.42 bits per heavy atom. The van der Waals surface area contributed by atoms with E-state index >= 15 is 0 Å². The molecule has 2 aromatic rings. The Labute approximate surface area is 109 Å². The molecule has 0 amide bonds. The SMILES string of the molecule is CCC1=C(C)C(=O)OC1n1cnc2c(N)ncnc21. The molecule has 98 valence electrons. The number of esters is 1. The second-order valence-electron chi connectivity index (χ2n) is 4.34. The fourth-order valence-corrected chi connectivity index (χ4v) is 2.28. The number of imidazole rings is 1. The molecule has 7 nitrogen and oxygen atoms in total. The highest BCUT2D eigenvalue weighted by molar-refractivity contribution is 5.91. The molecule has 0 saturated heterocycles. The minimum absolute atomic E-state index is 0.300. The van der Waals surface area contributed by atoms with Crippen molar-refractivity contribution in [3.63, 3.8) is 0 Å². The largest absolute Gasteiger partial charge is 0.434 e. The summed E-state index contributed by atoms with van der Waals surface area (Å²) in [7, 11) is 0. The van der Waals surface area contributed by atoms with Gasteiger partial charge in [0.15, 0.2) is 11.5 Å². The molecule has 19 heavy (non-hydrogen) atoms. The molecule has 0 spiro atoms. The first-order valence-electron chi connectivity index (χ1n) is 5.97. The van der Waals surface area contributed by atoms with Gasteiger partial charge >= 0.3 is 5.97 Å². The van der Waals surface area contributed by atoms with Crippen LogP contribution in [0, 0.1) is 0 Å². The maximum absolute atomic E-state index is 11.7. The number of carbonyl (C=O) groups is 1. The number of nitrogen functional groups attached to an aromatic ring is 1. The topological polar surface area (TPSA) is 95.9 Å². The van der Waals surface area contributed by atoms with Crippen molar-refractivity contribution < 1.29 is 9.53 Å². The van der Waals surface area contributed by atoms with Crippen LogP contribution in [0.5, 0.6) is 0 Å². The summed E-state index contributed by atoms with van der Waals surface area (Å²) >= 11 is 0. The van der Waals surface area contributed by atoms with E-state index in [2.05, 4.69) is 15.0 Å². The van der Waals surface area contributed by atoms with Gasteiger partial charge in [-0.3, -0.25) is 4.57 Å². The van der Waals surface area contributed by atoms with Gasteiger partial charge in [0.2, 0.25) is 6.23 Å². The summed E-state index contributed by atoms with van der Waals surface area (Å²) in [5.74, 6) is 0.0116. The van der Waals surface area contributed by atoms with Gasteiger partial charge in [0.1, 0.15) is 18.2 Å². The zero-order valence-electron chi connectivity index (χ0n) is 10.6. The van der Waals surface area contributed by atoms with Crippen LogP contribution in [-0.4, -0.2) is 25.5 Å². The number of rotatable bonds is 2. The molecule has 0 fully saturated rings. The van der Waals surface area contributed by atoms with Crippen LogP contribution in [0.25, 0.3) is 11.2 Å². The van der Waals surface area contributed by atoms with E-state index in [0.29, 0.717) is 22.6 Å². The summed E-state index contributed by atoms with van der Waals surface area (Å²) in [6.45, 7) is 3.75. The average Bonchev–Trinajstić information content (AvgIpc) is 2.93. The Bertz CT molecular complexity index is 703. The second-order valence-corrected chi connectivity index (χ2v) is 4.34. The highest BCUT2D eigenvalue weighted by atomic mass is 16.6. The molecule has 7 heteroatoms. The molecule has 0 radical (unpaired) electrons. The molecule has 0 bridgehead atoms. The van der Waals surface area contributed by atoms with Crippen molar-refractivity contribution in [1.82, 2.24) is 19.5 Å². The predicted molar refractivity (Wildman–Crippen MR) is 67.9 cm³/mol. The standard InChI is InChI=1S/C12H13N5O2/c1-3-7-6(2)12(18)19-11(7)17-5-16-8-9(13)14-4-15-10(8)17/h4-5,11H,3H2,1-2H3,(H2,13,14,15). The van der Waals surface area contributed by atoms with Crippen LogP contribution < -0.4 is 5.73 Å². The summed E-state index contributed by atoms with van der Waals surface area (Å²) in [5.41, 5.74) is 8.40. The first-order chi connectivity index (χ1) is 9.13. The third-order valence-electron chi connectivity index (χ3n) is 3.33. The van der Waals surface area contributed by atoms with Gasteiger partial charge in [0, 0.05) is 11.1 Å². The van der Waals surface area contributed by atoms with Gasteiger partial charge in [0.25, 0.3) is 0 Å². The van der Waals surface area contributed by atoms with Gasteiger partial charge in [-0.2, -0.15) is 0 Å². The Morgan fingerprint density at radius 3 is 2.95 bits per heavy atom. The summed E-state index contributed by atoms with van der Waals surface area (Å²) in [5, 5.41) is 0. The minimum Gasteiger partial charge on any atom is -0.434 e. The van der Waals surface area contributed by atoms with Gasteiger partial charge in [0.05, 0.1) is 0 Å². The van der Waals surface area contributed by atoms with Gasteiger partial charge < -0.3 is 10.5 Å². The number of nitrogens with two attached hydrogens (primary N) is 1. The molecule has 1 unspecified atom stereocenters. The number of fused-ring (bicyclic) bond motifs is 1. The normalized spacial score (nSPS) is 19.3. The lowest BCUT2D eigenvalue weighted by Crippen LogP contribution is -2.12. The molecule has 1 aliphatic heterocycles. The van der Waals surface area contributed by atoms with Crippen LogP contribution in [0.4, 0.5) is 5.82 Å². The van der Waals surface area contributed by atoms with Crippen LogP contribution in [0.2, 0.25) is 0 Å². The fourth-order valence-electron chi connectivity index (χ4n) is 2.28. The van der Waals surface area contributed by atoms with E-state index in [-0.39, 0.29) is 5.97 Å². The number of hydrogen-bond donors (Lipinski definition) is 1. The van der Waals surface area contributed by atoms with Crippen LogP contribution in [-0.2, 0) is 9.53 Å². The Balaban J connectivity index is 2.16. The smallest absolute Gasteiger partial charge is 0.336 e. The van der Waals surface area contributed by atoms with E-state index in [1.165, 1.54) is 6.33 Å². The molecular formula is C12H13N5O2. The van der Waals surface area contributed by atoms with E-state index in [4.69, 9.17) is 10.5 Å². The first-order valence-corrected chi connectivity index (χ1v) is 5.97. The Morgan fingerprint density at radius 2 is 2.21 bits per heavy atom. The molecule has 2 aromatic heterocycles. The number of cyclic esters (lactones) is 1. The molecule has 1 aliphatic rings. The number of nitrogens with zero attached hydrogens (tertiary/aromatic N) is 4. The number of anilines is 1. The molecular weight excluding hydrogens is 246 g/mol. The van der Waals surface area contributed by atoms with Gasteiger partial charge in [-0.1, -0.05) is 6.92 Å².